The zero-order chi connectivity index (χ0) is 9.56. The molecule has 0 aromatic rings. The van der Waals surface area contributed by atoms with Gasteiger partial charge in [0.1, 0.15) is 6.29 Å². The molecule has 0 aliphatic heterocycles. The van der Waals surface area contributed by atoms with Crippen molar-refractivity contribution in [2.24, 2.45) is 5.92 Å². The maximum absolute atomic E-state index is 10.4. The first kappa shape index (κ1) is 11.4. The number of hydrogen-bond donors (Lipinski definition) is 0. The van der Waals surface area contributed by atoms with Crippen LogP contribution in [0.1, 0.15) is 47.0 Å². The van der Waals surface area contributed by atoms with Crippen molar-refractivity contribution >= 4 is 6.29 Å². The second-order valence-corrected chi connectivity index (χ2v) is 3.63. The zero-order valence-electron chi connectivity index (χ0n) is 8.68. The van der Waals surface area contributed by atoms with Crippen LogP contribution >= 0.6 is 0 Å². The highest BCUT2D eigenvalue weighted by Gasteiger charge is 2.00. The number of rotatable bonds is 5. The Bertz CT molecular complexity index is 168. The Morgan fingerprint density at radius 3 is 2.42 bits per heavy atom. The topological polar surface area (TPSA) is 17.1 Å². The molecule has 0 aromatic carbocycles. The SMILES string of the molecule is CC[C@H](C)CC/C(C)=C(\C)C=O. The van der Waals surface area contributed by atoms with E-state index in [1.54, 1.807) is 0 Å². The number of aldehydes is 1. The molecule has 0 saturated carbocycles. The molecule has 0 fully saturated rings. The average molecular weight is 168 g/mol. The molecule has 0 heterocycles. The van der Waals surface area contributed by atoms with Crippen LogP contribution in [0, 0.1) is 5.92 Å². The van der Waals surface area contributed by atoms with Crippen molar-refractivity contribution in [3.8, 4) is 0 Å². The molecule has 0 aliphatic rings. The number of carbonyl (C=O) groups excluding carboxylic acids is 1. The first-order valence-corrected chi connectivity index (χ1v) is 4.73. The molecule has 0 rings (SSSR count). The van der Waals surface area contributed by atoms with Crippen molar-refractivity contribution in [1.29, 1.82) is 0 Å². The standard InChI is InChI=1S/C11H20O/c1-5-9(2)6-7-10(3)11(4)8-12/h8-9H,5-7H2,1-4H3/b11-10+/t9-/m0/s1. The first-order chi connectivity index (χ1) is 5.61. The van der Waals surface area contributed by atoms with Crippen molar-refractivity contribution in [3.05, 3.63) is 11.1 Å². The second kappa shape index (κ2) is 5.99. The van der Waals surface area contributed by atoms with E-state index in [0.29, 0.717) is 0 Å². The van der Waals surface area contributed by atoms with E-state index in [0.717, 1.165) is 24.2 Å². The molecule has 1 atom stereocenters. The van der Waals surface area contributed by atoms with E-state index in [2.05, 4.69) is 13.8 Å². The van der Waals surface area contributed by atoms with Crippen molar-refractivity contribution in [1.82, 2.24) is 0 Å². The van der Waals surface area contributed by atoms with E-state index in [9.17, 15) is 4.79 Å². The van der Waals surface area contributed by atoms with Gasteiger partial charge in [-0.1, -0.05) is 25.8 Å². The zero-order valence-corrected chi connectivity index (χ0v) is 8.68. The Balaban J connectivity index is 3.85. The summed E-state index contributed by atoms with van der Waals surface area (Å²) in [5.74, 6) is 0.777. The molecule has 0 amide bonds. The van der Waals surface area contributed by atoms with Crippen LogP contribution < -0.4 is 0 Å². The Hall–Kier alpha value is -0.590. The Morgan fingerprint density at radius 1 is 1.42 bits per heavy atom. The highest BCUT2D eigenvalue weighted by atomic mass is 16.1. The highest BCUT2D eigenvalue weighted by molar-refractivity contribution is 5.73. The molecule has 0 aromatic heterocycles. The van der Waals surface area contributed by atoms with Crippen molar-refractivity contribution in [2.45, 2.75) is 47.0 Å². The van der Waals surface area contributed by atoms with Crippen LogP contribution in [0.5, 0.6) is 0 Å². The molecule has 70 valence electrons. The van der Waals surface area contributed by atoms with Crippen molar-refractivity contribution in [3.63, 3.8) is 0 Å². The molecular formula is C11H20O. The third kappa shape index (κ3) is 4.32. The summed E-state index contributed by atoms with van der Waals surface area (Å²) >= 11 is 0. The lowest BCUT2D eigenvalue weighted by Gasteiger charge is -2.08. The van der Waals surface area contributed by atoms with Crippen LogP contribution in [0.25, 0.3) is 0 Å². The third-order valence-corrected chi connectivity index (χ3v) is 2.56. The Kier molecular flexibility index (Phi) is 5.69. The quantitative estimate of drug-likeness (QED) is 0.454. The van der Waals surface area contributed by atoms with Crippen LogP contribution in [0.2, 0.25) is 0 Å². The fraction of sp³-hybridized carbons (Fsp3) is 0.727. The predicted octanol–water partition coefficient (Wildman–Crippen LogP) is 3.35. The molecule has 0 aliphatic carbocycles. The van der Waals surface area contributed by atoms with Crippen LogP contribution in [0.4, 0.5) is 0 Å². The van der Waals surface area contributed by atoms with Crippen LogP contribution in [0.3, 0.4) is 0 Å². The molecule has 1 nitrogen and oxygen atoms in total. The first-order valence-electron chi connectivity index (χ1n) is 4.73. The van der Waals surface area contributed by atoms with Crippen molar-refractivity contribution in [2.75, 3.05) is 0 Å². The monoisotopic (exact) mass is 168 g/mol. The maximum Gasteiger partial charge on any atom is 0.145 e. The van der Waals surface area contributed by atoms with E-state index in [4.69, 9.17) is 0 Å². The fourth-order valence-electron chi connectivity index (χ4n) is 0.965. The van der Waals surface area contributed by atoms with Gasteiger partial charge in [-0.3, -0.25) is 4.79 Å². The summed E-state index contributed by atoms with van der Waals surface area (Å²) in [7, 11) is 0. The van der Waals surface area contributed by atoms with E-state index in [1.165, 1.54) is 18.4 Å². The minimum atomic E-state index is 0.777. The summed E-state index contributed by atoms with van der Waals surface area (Å²) < 4.78 is 0. The van der Waals surface area contributed by atoms with Gasteiger partial charge in [0.25, 0.3) is 0 Å². The number of carbonyl (C=O) groups is 1. The minimum Gasteiger partial charge on any atom is -0.298 e. The van der Waals surface area contributed by atoms with Gasteiger partial charge in [0.05, 0.1) is 0 Å². The van der Waals surface area contributed by atoms with E-state index in [-0.39, 0.29) is 0 Å². The lowest BCUT2D eigenvalue weighted by Crippen LogP contribution is -1.94. The van der Waals surface area contributed by atoms with Gasteiger partial charge < -0.3 is 0 Å². The van der Waals surface area contributed by atoms with Gasteiger partial charge in [-0.05, 0) is 38.2 Å². The number of hydrogen-bond acceptors (Lipinski definition) is 1. The largest absolute Gasteiger partial charge is 0.298 e. The third-order valence-electron chi connectivity index (χ3n) is 2.56. The summed E-state index contributed by atoms with van der Waals surface area (Å²) in [4.78, 5) is 10.4. The molecule has 0 unspecified atom stereocenters. The highest BCUT2D eigenvalue weighted by Crippen LogP contribution is 2.15. The van der Waals surface area contributed by atoms with Gasteiger partial charge >= 0.3 is 0 Å². The summed E-state index contributed by atoms with van der Waals surface area (Å²) in [5.41, 5.74) is 2.14. The molecular weight excluding hydrogens is 148 g/mol. The predicted molar refractivity (Wildman–Crippen MR) is 53.1 cm³/mol. The number of allylic oxidation sites excluding steroid dienone is 2. The lowest BCUT2D eigenvalue weighted by atomic mass is 9.98. The van der Waals surface area contributed by atoms with Gasteiger partial charge in [-0.25, -0.2) is 0 Å². The van der Waals surface area contributed by atoms with Gasteiger partial charge in [-0.2, -0.15) is 0 Å². The van der Waals surface area contributed by atoms with Gasteiger partial charge in [0, 0.05) is 0 Å². The fourth-order valence-corrected chi connectivity index (χ4v) is 0.965. The van der Waals surface area contributed by atoms with Crippen LogP contribution in [-0.2, 0) is 4.79 Å². The van der Waals surface area contributed by atoms with Gasteiger partial charge in [-0.15, -0.1) is 0 Å². The maximum atomic E-state index is 10.4. The van der Waals surface area contributed by atoms with Crippen LogP contribution in [-0.4, -0.2) is 6.29 Å². The summed E-state index contributed by atoms with van der Waals surface area (Å²) in [5, 5.41) is 0. The molecule has 0 N–H and O–H groups in total. The molecule has 0 saturated heterocycles. The molecule has 0 spiro atoms. The lowest BCUT2D eigenvalue weighted by molar-refractivity contribution is -0.104. The summed E-state index contributed by atoms with van der Waals surface area (Å²) in [6, 6.07) is 0. The van der Waals surface area contributed by atoms with Crippen LogP contribution in [0.15, 0.2) is 11.1 Å². The van der Waals surface area contributed by atoms with Crippen molar-refractivity contribution < 1.29 is 4.79 Å². The smallest absolute Gasteiger partial charge is 0.145 e. The van der Waals surface area contributed by atoms with E-state index < -0.39 is 0 Å². The minimum absolute atomic E-state index is 0.777. The summed E-state index contributed by atoms with van der Waals surface area (Å²) in [6.45, 7) is 8.39. The Labute approximate surface area is 75.9 Å². The molecule has 12 heavy (non-hydrogen) atoms. The second-order valence-electron chi connectivity index (χ2n) is 3.63. The molecule has 0 radical (unpaired) electrons. The average Bonchev–Trinajstić information content (AvgIpc) is 2.11. The normalized spacial score (nSPS) is 15.3. The van der Waals surface area contributed by atoms with E-state index >= 15 is 0 Å². The Morgan fingerprint density at radius 2 is 2.00 bits per heavy atom. The van der Waals surface area contributed by atoms with E-state index in [1.807, 2.05) is 13.8 Å². The molecule has 1 heteroatoms. The molecule has 0 bridgehead atoms. The van der Waals surface area contributed by atoms with Gasteiger partial charge in [0.15, 0.2) is 0 Å². The summed E-state index contributed by atoms with van der Waals surface area (Å²) in [6.07, 6.45) is 4.45. The van der Waals surface area contributed by atoms with Gasteiger partial charge in [0.2, 0.25) is 0 Å².